The van der Waals surface area contributed by atoms with E-state index in [4.69, 9.17) is 4.74 Å². The van der Waals surface area contributed by atoms with E-state index in [0.717, 1.165) is 15.4 Å². The van der Waals surface area contributed by atoms with Crippen molar-refractivity contribution in [2.24, 2.45) is 5.92 Å². The first kappa shape index (κ1) is 17.2. The number of ether oxygens (including phenoxy) is 1. The van der Waals surface area contributed by atoms with Crippen molar-refractivity contribution in [3.63, 3.8) is 0 Å². The lowest BCUT2D eigenvalue weighted by molar-refractivity contribution is -0.147. The number of esters is 1. The summed E-state index contributed by atoms with van der Waals surface area (Å²) in [5, 5.41) is 2.67. The molecule has 0 aliphatic carbocycles. The molecule has 20 heavy (non-hydrogen) atoms. The van der Waals surface area contributed by atoms with E-state index >= 15 is 0 Å². The highest BCUT2D eigenvalue weighted by molar-refractivity contribution is 9.11. The molecule has 1 aromatic carbocycles. The van der Waals surface area contributed by atoms with Gasteiger partial charge < -0.3 is 10.1 Å². The highest BCUT2D eigenvalue weighted by Crippen LogP contribution is 2.26. The molecule has 1 N–H and O–H groups in total. The van der Waals surface area contributed by atoms with Crippen LogP contribution in [-0.2, 0) is 14.3 Å². The number of hydrogen-bond acceptors (Lipinski definition) is 3. The van der Waals surface area contributed by atoms with Crippen LogP contribution >= 0.6 is 31.9 Å². The van der Waals surface area contributed by atoms with Gasteiger partial charge in [-0.3, -0.25) is 9.59 Å². The van der Waals surface area contributed by atoms with Crippen LogP contribution in [0.25, 0.3) is 0 Å². The van der Waals surface area contributed by atoms with Crippen molar-refractivity contribution in [3.05, 3.63) is 27.1 Å². The van der Waals surface area contributed by atoms with E-state index in [2.05, 4.69) is 37.2 Å². The fraction of sp³-hybridized carbons (Fsp3) is 0.429. The first-order valence-electron chi connectivity index (χ1n) is 6.29. The van der Waals surface area contributed by atoms with Crippen LogP contribution in [0.4, 0.5) is 5.69 Å². The van der Waals surface area contributed by atoms with Crippen LogP contribution in [0, 0.1) is 5.92 Å². The third-order valence-corrected chi connectivity index (χ3v) is 3.64. The molecule has 4 nitrogen and oxygen atoms in total. The van der Waals surface area contributed by atoms with Crippen molar-refractivity contribution in [1.82, 2.24) is 0 Å². The van der Waals surface area contributed by atoms with E-state index in [-0.39, 0.29) is 18.5 Å². The molecule has 110 valence electrons. The third-order valence-electron chi connectivity index (χ3n) is 2.50. The van der Waals surface area contributed by atoms with E-state index < -0.39 is 0 Å². The monoisotopic (exact) mass is 405 g/mol. The summed E-state index contributed by atoms with van der Waals surface area (Å²) >= 11 is 6.67. The zero-order valence-corrected chi connectivity index (χ0v) is 14.6. The Hall–Kier alpha value is -0.880. The topological polar surface area (TPSA) is 55.4 Å². The standard InChI is InChI=1S/C14H17Br2NO3/c1-9(2)3-6-14(19)20-8-13(18)17-12-5-4-10(15)7-11(12)16/h4-5,7,9H,3,6,8H2,1-2H3,(H,17,18). The minimum absolute atomic E-state index is 0.264. The zero-order valence-electron chi connectivity index (χ0n) is 11.4. The Morgan fingerprint density at radius 1 is 1.30 bits per heavy atom. The summed E-state index contributed by atoms with van der Waals surface area (Å²) in [6.45, 7) is 3.80. The van der Waals surface area contributed by atoms with Gasteiger partial charge in [-0.05, 0) is 46.5 Å². The molecular formula is C14H17Br2NO3. The number of carbonyl (C=O) groups excluding carboxylic acids is 2. The second-order valence-corrected chi connectivity index (χ2v) is 6.54. The molecule has 0 radical (unpaired) electrons. The van der Waals surface area contributed by atoms with Crippen molar-refractivity contribution in [2.45, 2.75) is 26.7 Å². The molecule has 0 heterocycles. The summed E-state index contributed by atoms with van der Waals surface area (Å²) in [5.74, 6) is -0.260. The molecule has 0 unspecified atom stereocenters. The van der Waals surface area contributed by atoms with Crippen LogP contribution in [0.3, 0.4) is 0 Å². The smallest absolute Gasteiger partial charge is 0.306 e. The first-order valence-corrected chi connectivity index (χ1v) is 7.87. The van der Waals surface area contributed by atoms with E-state index in [1.54, 1.807) is 6.07 Å². The van der Waals surface area contributed by atoms with Gasteiger partial charge in [-0.25, -0.2) is 0 Å². The molecule has 0 aliphatic heterocycles. The third kappa shape index (κ3) is 6.52. The van der Waals surface area contributed by atoms with E-state index in [1.165, 1.54) is 0 Å². The Labute approximate surface area is 135 Å². The average Bonchev–Trinajstić information content (AvgIpc) is 2.37. The number of anilines is 1. The van der Waals surface area contributed by atoms with Gasteiger partial charge in [0.15, 0.2) is 6.61 Å². The molecule has 0 aromatic heterocycles. The van der Waals surface area contributed by atoms with Crippen molar-refractivity contribution < 1.29 is 14.3 Å². The Bertz CT molecular complexity index is 489. The van der Waals surface area contributed by atoms with Gasteiger partial charge in [0.25, 0.3) is 5.91 Å². The average molecular weight is 407 g/mol. The Kier molecular flexibility index (Phi) is 7.23. The van der Waals surface area contributed by atoms with Gasteiger partial charge in [-0.2, -0.15) is 0 Å². The quantitative estimate of drug-likeness (QED) is 0.722. The van der Waals surface area contributed by atoms with Crippen molar-refractivity contribution in [3.8, 4) is 0 Å². The van der Waals surface area contributed by atoms with Gasteiger partial charge in [0.05, 0.1) is 5.69 Å². The Balaban J connectivity index is 2.38. The predicted molar refractivity (Wildman–Crippen MR) is 85.5 cm³/mol. The highest BCUT2D eigenvalue weighted by Gasteiger charge is 2.10. The van der Waals surface area contributed by atoms with Crippen LogP contribution in [0.2, 0.25) is 0 Å². The lowest BCUT2D eigenvalue weighted by Crippen LogP contribution is -2.21. The van der Waals surface area contributed by atoms with Crippen LogP contribution in [0.1, 0.15) is 26.7 Å². The molecule has 0 saturated carbocycles. The first-order chi connectivity index (χ1) is 9.38. The minimum Gasteiger partial charge on any atom is -0.456 e. The lowest BCUT2D eigenvalue weighted by Gasteiger charge is -2.09. The normalized spacial score (nSPS) is 10.4. The lowest BCUT2D eigenvalue weighted by atomic mass is 10.1. The van der Waals surface area contributed by atoms with Crippen LogP contribution in [0.5, 0.6) is 0 Å². The molecule has 1 rings (SSSR count). The fourth-order valence-corrected chi connectivity index (χ4v) is 2.55. The summed E-state index contributed by atoms with van der Waals surface area (Å²) in [7, 11) is 0. The largest absolute Gasteiger partial charge is 0.456 e. The summed E-state index contributed by atoms with van der Waals surface area (Å²) in [4.78, 5) is 23.1. The Morgan fingerprint density at radius 2 is 2.00 bits per heavy atom. The van der Waals surface area contributed by atoms with Crippen LogP contribution in [0.15, 0.2) is 27.1 Å². The maximum Gasteiger partial charge on any atom is 0.306 e. The number of hydrogen-bond donors (Lipinski definition) is 1. The second kappa shape index (κ2) is 8.42. The molecular weight excluding hydrogens is 390 g/mol. The molecule has 0 atom stereocenters. The zero-order chi connectivity index (χ0) is 15.1. The molecule has 0 fully saturated rings. The number of nitrogens with one attached hydrogen (secondary N) is 1. The van der Waals surface area contributed by atoms with E-state index in [1.807, 2.05) is 26.0 Å². The number of rotatable bonds is 6. The number of amides is 1. The molecule has 0 saturated heterocycles. The SMILES string of the molecule is CC(C)CCC(=O)OCC(=O)Nc1ccc(Br)cc1Br. The van der Waals surface area contributed by atoms with Gasteiger partial charge in [0.1, 0.15) is 0 Å². The predicted octanol–water partition coefficient (Wildman–Crippen LogP) is 4.13. The minimum atomic E-state index is -0.356. The van der Waals surface area contributed by atoms with Crippen molar-refractivity contribution in [1.29, 1.82) is 0 Å². The fourth-order valence-electron chi connectivity index (χ4n) is 1.40. The molecule has 1 amide bonds. The molecule has 0 aliphatic rings. The molecule has 0 spiro atoms. The molecule has 6 heteroatoms. The summed E-state index contributed by atoms with van der Waals surface area (Å²) in [5.41, 5.74) is 0.636. The second-order valence-electron chi connectivity index (χ2n) is 4.77. The maximum absolute atomic E-state index is 11.7. The summed E-state index contributed by atoms with van der Waals surface area (Å²) in [6.07, 6.45) is 1.10. The number of halogens is 2. The molecule has 0 bridgehead atoms. The number of carbonyl (C=O) groups is 2. The maximum atomic E-state index is 11.7. The van der Waals surface area contributed by atoms with E-state index in [9.17, 15) is 9.59 Å². The van der Waals surface area contributed by atoms with Crippen LogP contribution in [-0.4, -0.2) is 18.5 Å². The van der Waals surface area contributed by atoms with Gasteiger partial charge in [-0.1, -0.05) is 29.8 Å². The summed E-state index contributed by atoms with van der Waals surface area (Å²) < 4.78 is 6.58. The van der Waals surface area contributed by atoms with E-state index in [0.29, 0.717) is 18.0 Å². The highest BCUT2D eigenvalue weighted by atomic mass is 79.9. The van der Waals surface area contributed by atoms with Gasteiger partial charge in [-0.15, -0.1) is 0 Å². The number of benzene rings is 1. The summed E-state index contributed by atoms with van der Waals surface area (Å²) in [6, 6.07) is 5.39. The molecule has 1 aromatic rings. The van der Waals surface area contributed by atoms with Crippen molar-refractivity contribution >= 4 is 49.4 Å². The van der Waals surface area contributed by atoms with Gasteiger partial charge in [0, 0.05) is 15.4 Å². The van der Waals surface area contributed by atoms with Gasteiger partial charge >= 0.3 is 5.97 Å². The van der Waals surface area contributed by atoms with Gasteiger partial charge in [0.2, 0.25) is 0 Å². The van der Waals surface area contributed by atoms with Crippen molar-refractivity contribution in [2.75, 3.05) is 11.9 Å². The van der Waals surface area contributed by atoms with Crippen LogP contribution < -0.4 is 5.32 Å². The Morgan fingerprint density at radius 3 is 2.60 bits per heavy atom.